The summed E-state index contributed by atoms with van der Waals surface area (Å²) >= 11 is 0. The Morgan fingerprint density at radius 3 is 2.35 bits per heavy atom. The molecule has 2 rings (SSSR count). The molecule has 0 aliphatic heterocycles. The number of carbonyl (C=O) groups excluding carboxylic acids is 2. The first kappa shape index (κ1) is 18.9. The van der Waals surface area contributed by atoms with E-state index in [1.54, 1.807) is 48.5 Å². The zero-order valence-electron chi connectivity index (χ0n) is 14.7. The Bertz CT molecular complexity index is 856. The second-order valence-electron chi connectivity index (χ2n) is 5.32. The lowest BCUT2D eigenvalue weighted by Crippen LogP contribution is -2.28. The maximum absolute atomic E-state index is 12.4. The fourth-order valence-corrected chi connectivity index (χ4v) is 2.17. The number of benzene rings is 2. The number of hydrogen-bond acceptors (Lipinski definition) is 5. The Morgan fingerprint density at radius 1 is 1.08 bits per heavy atom. The number of nitrogens with one attached hydrogen (secondary N) is 1. The Balaban J connectivity index is 2.29. The molecule has 2 aromatic carbocycles. The lowest BCUT2D eigenvalue weighted by molar-refractivity contribution is -0.428. The molecule has 0 aliphatic carbocycles. The Hall–Kier alpha value is -3.48. The molecule has 1 N–H and O–H groups in total. The molecule has 0 radical (unpaired) electrons. The number of esters is 1. The van der Waals surface area contributed by atoms with E-state index in [9.17, 15) is 14.5 Å². The van der Waals surface area contributed by atoms with Gasteiger partial charge in [-0.15, -0.1) is 0 Å². The van der Waals surface area contributed by atoms with Crippen molar-refractivity contribution in [1.29, 1.82) is 0 Å². The normalized spacial score (nSPS) is 10.8. The van der Waals surface area contributed by atoms with Gasteiger partial charge in [0.1, 0.15) is 11.4 Å². The van der Waals surface area contributed by atoms with Crippen molar-refractivity contribution < 1.29 is 23.8 Å². The molecule has 0 atom stereocenters. The van der Waals surface area contributed by atoms with E-state index < -0.39 is 11.9 Å². The highest BCUT2D eigenvalue weighted by atomic mass is 16.5. The fourth-order valence-electron chi connectivity index (χ4n) is 2.17. The number of amides is 1. The summed E-state index contributed by atoms with van der Waals surface area (Å²) in [6.07, 6.45) is 1.44. The third-order valence-electron chi connectivity index (χ3n) is 3.55. The number of nitrogens with zero attached hydrogens (tertiary/aromatic N) is 1. The van der Waals surface area contributed by atoms with Gasteiger partial charge in [-0.1, -0.05) is 12.1 Å². The van der Waals surface area contributed by atoms with Crippen molar-refractivity contribution in [2.75, 3.05) is 21.3 Å². The summed E-state index contributed by atoms with van der Waals surface area (Å²) in [6, 6.07) is 13.1. The molecular weight excluding hydrogens is 336 g/mol. The molecule has 2 aromatic rings. The largest absolute Gasteiger partial charge is 0.497 e. The topological polar surface area (TPSA) is 84.7 Å². The van der Waals surface area contributed by atoms with Crippen LogP contribution < -0.4 is 10.1 Å². The third-order valence-corrected chi connectivity index (χ3v) is 3.55. The van der Waals surface area contributed by atoms with Gasteiger partial charge in [0, 0.05) is 27.4 Å². The van der Waals surface area contributed by atoms with Crippen LogP contribution in [0.15, 0.2) is 54.2 Å². The average molecular weight is 355 g/mol. The monoisotopic (exact) mass is 355 g/mol. The van der Waals surface area contributed by atoms with Gasteiger partial charge in [0.15, 0.2) is 7.05 Å². The molecule has 26 heavy (non-hydrogen) atoms. The number of nitroso groups, excluding NO2 is 1. The number of hydrogen-bond donors (Lipinski definition) is 1. The van der Waals surface area contributed by atoms with E-state index in [0.29, 0.717) is 27.3 Å². The van der Waals surface area contributed by atoms with Gasteiger partial charge in [0.2, 0.25) is 0 Å². The molecule has 0 unspecified atom stereocenters. The minimum Gasteiger partial charge on any atom is -0.497 e. The van der Waals surface area contributed by atoms with E-state index in [4.69, 9.17) is 9.47 Å². The molecule has 1 amide bonds. The number of ether oxygens (including phenoxy) is 2. The fraction of sp³-hybridized carbons (Fsp3) is 0.158. The van der Waals surface area contributed by atoms with Crippen LogP contribution in [0.25, 0.3) is 6.08 Å². The molecule has 0 fully saturated rings. The molecule has 0 saturated carbocycles. The second-order valence-corrected chi connectivity index (χ2v) is 5.32. The average Bonchev–Trinajstić information content (AvgIpc) is 2.67. The smallest absolute Gasteiger partial charge is 0.354 e. The van der Waals surface area contributed by atoms with Crippen LogP contribution in [-0.2, 0) is 9.53 Å². The second kappa shape index (κ2) is 8.57. The zero-order chi connectivity index (χ0) is 19.1. The Morgan fingerprint density at radius 2 is 1.77 bits per heavy atom. The molecule has 0 bridgehead atoms. The molecule has 0 spiro atoms. The van der Waals surface area contributed by atoms with E-state index in [2.05, 4.69) is 5.32 Å². The van der Waals surface area contributed by atoms with Gasteiger partial charge in [-0.3, -0.25) is 4.79 Å². The van der Waals surface area contributed by atoms with Crippen LogP contribution in [-0.4, -0.2) is 37.9 Å². The first-order valence-electron chi connectivity index (χ1n) is 7.71. The van der Waals surface area contributed by atoms with E-state index in [1.807, 2.05) is 0 Å². The van der Waals surface area contributed by atoms with Gasteiger partial charge >= 0.3 is 5.97 Å². The van der Waals surface area contributed by atoms with E-state index in [-0.39, 0.29) is 5.70 Å². The molecule has 134 valence electrons. The van der Waals surface area contributed by atoms with Crippen LogP contribution in [0.2, 0.25) is 0 Å². The molecule has 7 heteroatoms. The lowest BCUT2D eigenvalue weighted by Gasteiger charge is -2.09. The minimum absolute atomic E-state index is 0.0426. The summed E-state index contributed by atoms with van der Waals surface area (Å²) in [7, 11) is 4.12. The third kappa shape index (κ3) is 4.76. The van der Waals surface area contributed by atoms with Crippen molar-refractivity contribution in [3.8, 4) is 5.75 Å². The first-order valence-corrected chi connectivity index (χ1v) is 7.71. The van der Waals surface area contributed by atoms with Crippen molar-refractivity contribution in [3.05, 3.63) is 70.3 Å². The van der Waals surface area contributed by atoms with Gasteiger partial charge in [-0.25, -0.2) is 4.79 Å². The Labute approximate surface area is 150 Å². The number of methoxy groups -OCH3 is 2. The number of carbonyl (C=O) groups is 2. The summed E-state index contributed by atoms with van der Waals surface area (Å²) < 4.78 is 10.5. The molecule has 0 heterocycles. The molecule has 0 aromatic heterocycles. The van der Waals surface area contributed by atoms with Crippen LogP contribution in [0.4, 0.5) is 5.69 Å². The number of rotatable bonds is 6. The molecular formula is C19H19N2O5+. The summed E-state index contributed by atoms with van der Waals surface area (Å²) in [5, 5.41) is 2.53. The summed E-state index contributed by atoms with van der Waals surface area (Å²) in [4.78, 5) is 35.8. The maximum atomic E-state index is 12.4. The zero-order valence-corrected chi connectivity index (χ0v) is 14.7. The maximum Gasteiger partial charge on any atom is 0.354 e. The first-order chi connectivity index (χ1) is 12.4. The van der Waals surface area contributed by atoms with Crippen molar-refractivity contribution in [2.24, 2.45) is 0 Å². The predicted molar refractivity (Wildman–Crippen MR) is 96.1 cm³/mol. The standard InChI is InChI=1S/C19H18N2O5/c1-21(24)15-6-4-5-13(11-15)12-17(19(23)26-3)20-18(22)14-7-9-16(25-2)10-8-14/h4-12H,1-3H3/p+1/b17-12-. The van der Waals surface area contributed by atoms with E-state index >= 15 is 0 Å². The molecule has 7 nitrogen and oxygen atoms in total. The van der Waals surface area contributed by atoms with E-state index in [0.717, 1.165) is 0 Å². The van der Waals surface area contributed by atoms with Crippen molar-refractivity contribution in [1.82, 2.24) is 5.32 Å². The summed E-state index contributed by atoms with van der Waals surface area (Å²) in [5.41, 5.74) is 1.30. The van der Waals surface area contributed by atoms with Crippen LogP contribution in [0.3, 0.4) is 0 Å². The van der Waals surface area contributed by atoms with Gasteiger partial charge in [0.05, 0.1) is 14.2 Å². The highest BCUT2D eigenvalue weighted by Crippen LogP contribution is 2.16. The van der Waals surface area contributed by atoms with Crippen LogP contribution >= 0.6 is 0 Å². The Kier molecular flexibility index (Phi) is 6.21. The quantitative estimate of drug-likeness (QED) is 0.489. The van der Waals surface area contributed by atoms with Gasteiger partial charge < -0.3 is 14.8 Å². The van der Waals surface area contributed by atoms with Crippen LogP contribution in [0.1, 0.15) is 15.9 Å². The van der Waals surface area contributed by atoms with Crippen molar-refractivity contribution in [3.63, 3.8) is 0 Å². The van der Waals surface area contributed by atoms with Gasteiger partial charge in [0.25, 0.3) is 11.6 Å². The highest BCUT2D eigenvalue weighted by Gasteiger charge is 2.16. The lowest BCUT2D eigenvalue weighted by atomic mass is 10.1. The van der Waals surface area contributed by atoms with Crippen molar-refractivity contribution >= 4 is 23.6 Å². The highest BCUT2D eigenvalue weighted by molar-refractivity contribution is 6.03. The minimum atomic E-state index is -0.701. The van der Waals surface area contributed by atoms with E-state index in [1.165, 1.54) is 27.3 Å². The molecule has 0 saturated heterocycles. The van der Waals surface area contributed by atoms with Gasteiger partial charge in [-0.2, -0.15) is 0 Å². The summed E-state index contributed by atoms with van der Waals surface area (Å²) in [5.74, 6) is -0.557. The van der Waals surface area contributed by atoms with Crippen LogP contribution in [0, 0.1) is 4.91 Å². The van der Waals surface area contributed by atoms with Crippen molar-refractivity contribution in [2.45, 2.75) is 0 Å². The molecule has 0 aliphatic rings. The summed E-state index contributed by atoms with van der Waals surface area (Å²) in [6.45, 7) is 0. The predicted octanol–water partition coefficient (Wildman–Crippen LogP) is 2.68. The van der Waals surface area contributed by atoms with Gasteiger partial charge in [-0.05, 0) is 35.9 Å². The van der Waals surface area contributed by atoms with Crippen LogP contribution in [0.5, 0.6) is 5.75 Å². The SMILES string of the molecule is COC(=O)/C(=C/c1cccc([N+](C)=O)c1)NC(=O)c1ccc(OC)cc1.